The van der Waals surface area contributed by atoms with Crippen molar-refractivity contribution in [2.75, 3.05) is 11.5 Å². The van der Waals surface area contributed by atoms with Crippen molar-refractivity contribution in [3.8, 4) is 0 Å². The largest absolute Gasteiger partial charge is 0.399 e. The molecule has 8 N–H and O–H groups in total. The lowest BCUT2D eigenvalue weighted by Gasteiger charge is -2.00. The summed E-state index contributed by atoms with van der Waals surface area (Å²) in [5, 5.41) is 0. The zero-order valence-corrected chi connectivity index (χ0v) is 12.6. The molecule has 0 heterocycles. The second-order valence-corrected chi connectivity index (χ2v) is 4.87. The van der Waals surface area contributed by atoms with Gasteiger partial charge >= 0.3 is 0 Å². The number of carbonyl (C=O) groups excluding carboxylic acids is 2. The van der Waals surface area contributed by atoms with E-state index in [1.165, 1.54) is 0 Å². The highest BCUT2D eigenvalue weighted by molar-refractivity contribution is 5.94. The van der Waals surface area contributed by atoms with Crippen LogP contribution in [0.15, 0.2) is 36.4 Å². The fourth-order valence-corrected chi connectivity index (χ4v) is 1.62. The van der Waals surface area contributed by atoms with Crippen LogP contribution in [-0.4, -0.2) is 11.8 Å². The predicted molar refractivity (Wildman–Crippen MR) is 88.2 cm³/mol. The number of aryl methyl sites for hydroxylation is 2. The molecule has 0 radical (unpaired) electrons. The fourth-order valence-electron chi connectivity index (χ4n) is 1.62. The summed E-state index contributed by atoms with van der Waals surface area (Å²) in [6, 6.07) is 9.98. The highest BCUT2D eigenvalue weighted by Gasteiger charge is 2.01. The smallest absolute Gasteiger partial charge is 0.248 e. The Bertz CT molecular complexity index is 650. The molecule has 0 aliphatic rings. The monoisotopic (exact) mass is 300 g/mol. The number of nitrogens with two attached hydrogens (primary N) is 4. The summed E-state index contributed by atoms with van der Waals surface area (Å²) in [6.45, 7) is 3.71. The van der Waals surface area contributed by atoms with E-state index < -0.39 is 11.8 Å². The standard InChI is InChI=1S/2C8H10N2O/c1-5-4-6(8(10)11)2-3-7(5)9;1-5-2-3-6(8(10)11)4-7(5)9/h2*2-4H,9H2,1H3,(H2,10,11). The summed E-state index contributed by atoms with van der Waals surface area (Å²) in [5.41, 5.74) is 25.2. The van der Waals surface area contributed by atoms with E-state index in [0.717, 1.165) is 11.1 Å². The highest BCUT2D eigenvalue weighted by Crippen LogP contribution is 2.12. The third-order valence-corrected chi connectivity index (χ3v) is 3.12. The maximum Gasteiger partial charge on any atom is 0.248 e. The number of amides is 2. The molecule has 0 aliphatic heterocycles. The first-order chi connectivity index (χ1) is 10.2. The molecule has 6 heteroatoms. The van der Waals surface area contributed by atoms with Gasteiger partial charge in [0.05, 0.1) is 0 Å². The Kier molecular flexibility index (Phi) is 5.51. The minimum Gasteiger partial charge on any atom is -0.399 e. The topological polar surface area (TPSA) is 138 Å². The van der Waals surface area contributed by atoms with Crippen molar-refractivity contribution in [2.24, 2.45) is 11.5 Å². The maximum absolute atomic E-state index is 10.6. The van der Waals surface area contributed by atoms with Crippen molar-refractivity contribution in [1.82, 2.24) is 0 Å². The van der Waals surface area contributed by atoms with Crippen LogP contribution in [0.4, 0.5) is 11.4 Å². The van der Waals surface area contributed by atoms with Gasteiger partial charge in [0.1, 0.15) is 0 Å². The SMILES string of the molecule is Cc1cc(C(N)=O)ccc1N.Cc1ccc(C(N)=O)cc1N. The zero-order valence-electron chi connectivity index (χ0n) is 12.6. The van der Waals surface area contributed by atoms with Gasteiger partial charge in [-0.1, -0.05) is 6.07 Å². The van der Waals surface area contributed by atoms with Gasteiger partial charge in [-0.2, -0.15) is 0 Å². The van der Waals surface area contributed by atoms with Crippen LogP contribution < -0.4 is 22.9 Å². The summed E-state index contributed by atoms with van der Waals surface area (Å²) in [4.78, 5) is 21.3. The lowest BCUT2D eigenvalue weighted by atomic mass is 10.1. The summed E-state index contributed by atoms with van der Waals surface area (Å²) in [6.07, 6.45) is 0. The first kappa shape index (κ1) is 17.0. The van der Waals surface area contributed by atoms with Gasteiger partial charge in [-0.15, -0.1) is 0 Å². The van der Waals surface area contributed by atoms with Crippen LogP contribution in [0.3, 0.4) is 0 Å². The van der Waals surface area contributed by atoms with Gasteiger partial charge in [0.25, 0.3) is 0 Å². The third-order valence-electron chi connectivity index (χ3n) is 3.12. The molecular formula is C16H20N4O2. The van der Waals surface area contributed by atoms with Crippen LogP contribution in [-0.2, 0) is 0 Å². The molecule has 0 saturated carbocycles. The van der Waals surface area contributed by atoms with E-state index in [4.69, 9.17) is 22.9 Å². The van der Waals surface area contributed by atoms with Crippen LogP contribution >= 0.6 is 0 Å². The number of rotatable bonds is 2. The normalized spacial score (nSPS) is 9.55. The summed E-state index contributed by atoms with van der Waals surface area (Å²) < 4.78 is 0. The van der Waals surface area contributed by atoms with E-state index in [2.05, 4.69) is 0 Å². The summed E-state index contributed by atoms with van der Waals surface area (Å²) >= 11 is 0. The Labute approximate surface area is 129 Å². The van der Waals surface area contributed by atoms with Crippen molar-refractivity contribution >= 4 is 23.2 Å². The summed E-state index contributed by atoms with van der Waals surface area (Å²) in [7, 11) is 0. The van der Waals surface area contributed by atoms with Crippen LogP contribution in [0.25, 0.3) is 0 Å². The first-order valence-electron chi connectivity index (χ1n) is 6.54. The van der Waals surface area contributed by atoms with Gasteiger partial charge in [-0.25, -0.2) is 0 Å². The average Bonchev–Trinajstić information content (AvgIpc) is 2.45. The van der Waals surface area contributed by atoms with Crippen molar-refractivity contribution in [2.45, 2.75) is 13.8 Å². The van der Waals surface area contributed by atoms with Crippen LogP contribution in [0.5, 0.6) is 0 Å². The Morgan fingerprint density at radius 1 is 0.727 bits per heavy atom. The Hall–Kier alpha value is -3.02. The van der Waals surface area contributed by atoms with E-state index in [0.29, 0.717) is 22.5 Å². The highest BCUT2D eigenvalue weighted by atomic mass is 16.1. The molecule has 0 aromatic heterocycles. The molecule has 0 atom stereocenters. The van der Waals surface area contributed by atoms with Gasteiger partial charge in [-0.05, 0) is 55.3 Å². The van der Waals surface area contributed by atoms with Crippen LogP contribution in [0.2, 0.25) is 0 Å². The van der Waals surface area contributed by atoms with Gasteiger partial charge in [0.2, 0.25) is 11.8 Å². The molecule has 0 bridgehead atoms. The number of hydrogen-bond acceptors (Lipinski definition) is 4. The van der Waals surface area contributed by atoms with E-state index >= 15 is 0 Å². The number of anilines is 2. The molecule has 2 aromatic rings. The molecule has 2 aromatic carbocycles. The van der Waals surface area contributed by atoms with Crippen LogP contribution in [0.1, 0.15) is 31.8 Å². The molecule has 22 heavy (non-hydrogen) atoms. The second-order valence-electron chi connectivity index (χ2n) is 4.87. The van der Waals surface area contributed by atoms with Crippen LogP contribution in [0, 0.1) is 13.8 Å². The molecule has 0 unspecified atom stereocenters. The lowest BCUT2D eigenvalue weighted by Crippen LogP contribution is -2.11. The minimum absolute atomic E-state index is 0.423. The van der Waals surface area contributed by atoms with Gasteiger partial charge in [0.15, 0.2) is 0 Å². The van der Waals surface area contributed by atoms with E-state index in [9.17, 15) is 9.59 Å². The Balaban J connectivity index is 0.000000220. The molecular weight excluding hydrogens is 280 g/mol. The third kappa shape index (κ3) is 4.52. The zero-order chi connectivity index (χ0) is 16.9. The number of benzene rings is 2. The Morgan fingerprint density at radius 3 is 1.68 bits per heavy atom. The molecule has 0 saturated heterocycles. The van der Waals surface area contributed by atoms with Crippen molar-refractivity contribution in [3.05, 3.63) is 58.7 Å². The fraction of sp³-hybridized carbons (Fsp3) is 0.125. The molecule has 2 amide bonds. The predicted octanol–water partition coefficient (Wildman–Crippen LogP) is 1.35. The van der Waals surface area contributed by atoms with Crippen molar-refractivity contribution < 1.29 is 9.59 Å². The van der Waals surface area contributed by atoms with E-state index in [1.54, 1.807) is 36.4 Å². The number of primary amides is 2. The first-order valence-corrected chi connectivity index (χ1v) is 6.54. The molecule has 2 rings (SSSR count). The van der Waals surface area contributed by atoms with Gasteiger partial charge in [-0.3, -0.25) is 9.59 Å². The minimum atomic E-state index is -0.448. The second kappa shape index (κ2) is 7.12. The van der Waals surface area contributed by atoms with Crippen molar-refractivity contribution in [1.29, 1.82) is 0 Å². The van der Waals surface area contributed by atoms with E-state index in [1.807, 2.05) is 13.8 Å². The Morgan fingerprint density at radius 2 is 1.23 bits per heavy atom. The maximum atomic E-state index is 10.6. The van der Waals surface area contributed by atoms with Gasteiger partial charge in [0, 0.05) is 22.5 Å². The molecule has 116 valence electrons. The molecule has 0 fully saturated rings. The lowest BCUT2D eigenvalue weighted by molar-refractivity contribution is 0.0992. The van der Waals surface area contributed by atoms with Crippen molar-refractivity contribution in [3.63, 3.8) is 0 Å². The van der Waals surface area contributed by atoms with E-state index in [-0.39, 0.29) is 0 Å². The number of nitrogen functional groups attached to an aromatic ring is 2. The average molecular weight is 300 g/mol. The van der Waals surface area contributed by atoms with Gasteiger partial charge < -0.3 is 22.9 Å². The number of hydrogen-bond donors (Lipinski definition) is 4. The molecule has 6 nitrogen and oxygen atoms in total. The quantitative estimate of drug-likeness (QED) is 0.622. The number of carbonyl (C=O) groups is 2. The molecule has 0 spiro atoms. The molecule has 0 aliphatic carbocycles. The summed E-state index contributed by atoms with van der Waals surface area (Å²) in [5.74, 6) is -0.871.